The van der Waals surface area contributed by atoms with Gasteiger partial charge in [-0.05, 0) is 49.1 Å². The molecule has 0 radical (unpaired) electrons. The molecule has 0 unspecified atom stereocenters. The van der Waals surface area contributed by atoms with E-state index in [2.05, 4.69) is 25.5 Å². The van der Waals surface area contributed by atoms with E-state index in [-0.39, 0.29) is 72.5 Å². The van der Waals surface area contributed by atoms with Gasteiger partial charge in [0.2, 0.25) is 11.8 Å². The second-order valence-electron chi connectivity index (χ2n) is 13.5. The van der Waals surface area contributed by atoms with Crippen molar-refractivity contribution < 1.29 is 28.7 Å². The minimum absolute atomic E-state index is 0.00701. The SMILES string of the molecule is CC(=O)c1nn(CC(=O)OC[C@@]23C[C@@H](C(=O)N[C@@H]4C[C@H]4c4ccccc4)N(C(=O)Cn4nc(C(C)=O)c5cccnc54)[C@@H]2C3)c2ncccc12. The molecule has 1 aromatic carbocycles. The highest BCUT2D eigenvalue weighted by Gasteiger charge is 2.68. The van der Waals surface area contributed by atoms with Crippen molar-refractivity contribution in [3.05, 3.63) is 83.9 Å². The number of pyridine rings is 2. The minimum Gasteiger partial charge on any atom is -0.464 e. The number of Topliss-reactive ketones (excluding diaryl/α,β-unsaturated/α-hetero) is 2. The molecule has 0 spiro atoms. The van der Waals surface area contributed by atoms with E-state index >= 15 is 0 Å². The van der Waals surface area contributed by atoms with E-state index in [1.54, 1.807) is 41.6 Å². The number of nitrogens with zero attached hydrogens (tertiary/aromatic N) is 7. The summed E-state index contributed by atoms with van der Waals surface area (Å²) in [6, 6.07) is 15.7. The number of likely N-dealkylation sites (tertiary alicyclic amines) is 1. The van der Waals surface area contributed by atoms with Crippen LogP contribution in [0.3, 0.4) is 0 Å². The summed E-state index contributed by atoms with van der Waals surface area (Å²) in [4.78, 5) is 75.8. The molecule has 2 aliphatic carbocycles. The molecule has 5 atom stereocenters. The quantitative estimate of drug-likeness (QED) is 0.162. The molecule has 0 bridgehead atoms. The first-order valence-corrected chi connectivity index (χ1v) is 16.6. The number of aromatic nitrogens is 6. The van der Waals surface area contributed by atoms with E-state index in [1.807, 2.05) is 30.3 Å². The zero-order valence-corrected chi connectivity index (χ0v) is 27.5. The average molecular weight is 675 g/mol. The van der Waals surface area contributed by atoms with Crippen molar-refractivity contribution in [2.45, 2.75) is 70.2 Å². The Morgan fingerprint density at radius 1 is 0.820 bits per heavy atom. The van der Waals surface area contributed by atoms with Crippen LogP contribution in [-0.4, -0.2) is 88.5 Å². The van der Waals surface area contributed by atoms with Crippen LogP contribution < -0.4 is 5.32 Å². The summed E-state index contributed by atoms with van der Waals surface area (Å²) in [7, 11) is 0. The molecule has 8 rings (SSSR count). The highest BCUT2D eigenvalue weighted by molar-refractivity contribution is 6.05. The highest BCUT2D eigenvalue weighted by atomic mass is 16.5. The molecule has 3 aliphatic rings. The Hall–Kier alpha value is -5.79. The Bertz CT molecular complexity index is 2210. The molecule has 5 heterocycles. The average Bonchev–Trinajstić information content (AvgIpc) is 3.90. The molecule has 4 aromatic heterocycles. The minimum atomic E-state index is -0.781. The molecule has 14 nitrogen and oxygen atoms in total. The molecule has 2 saturated carbocycles. The first kappa shape index (κ1) is 31.5. The van der Waals surface area contributed by atoms with Gasteiger partial charge in [-0.3, -0.25) is 24.0 Å². The van der Waals surface area contributed by atoms with Crippen molar-refractivity contribution in [2.24, 2.45) is 5.41 Å². The molecule has 5 aromatic rings. The van der Waals surface area contributed by atoms with Gasteiger partial charge in [0, 0.05) is 49.7 Å². The van der Waals surface area contributed by atoms with Crippen LogP contribution >= 0.6 is 0 Å². The van der Waals surface area contributed by atoms with Gasteiger partial charge >= 0.3 is 5.97 Å². The van der Waals surface area contributed by atoms with Gasteiger partial charge in [0.25, 0.3) is 0 Å². The monoisotopic (exact) mass is 674 g/mol. The van der Waals surface area contributed by atoms with Gasteiger partial charge in [0.05, 0.1) is 17.4 Å². The van der Waals surface area contributed by atoms with Crippen molar-refractivity contribution in [3.8, 4) is 0 Å². The third-order valence-electron chi connectivity index (χ3n) is 10.1. The summed E-state index contributed by atoms with van der Waals surface area (Å²) in [6.07, 6.45) is 4.82. The molecule has 1 saturated heterocycles. The van der Waals surface area contributed by atoms with Gasteiger partial charge in [0.1, 0.15) is 30.5 Å². The number of esters is 1. The van der Waals surface area contributed by atoms with Gasteiger partial charge in [-0.2, -0.15) is 10.2 Å². The van der Waals surface area contributed by atoms with Gasteiger partial charge in [0.15, 0.2) is 22.9 Å². The number of fused-ring (bicyclic) bond motifs is 3. The summed E-state index contributed by atoms with van der Waals surface area (Å²) in [5, 5.41) is 13.0. The summed E-state index contributed by atoms with van der Waals surface area (Å²) < 4.78 is 8.54. The number of piperidine rings is 1. The van der Waals surface area contributed by atoms with Crippen LogP contribution in [0, 0.1) is 5.41 Å². The molecular formula is C36H34N8O6. The van der Waals surface area contributed by atoms with Crippen molar-refractivity contribution in [1.29, 1.82) is 0 Å². The number of ketones is 2. The molecule has 3 fully saturated rings. The van der Waals surface area contributed by atoms with E-state index in [0.29, 0.717) is 34.9 Å². The van der Waals surface area contributed by atoms with Crippen LogP contribution in [0.5, 0.6) is 0 Å². The predicted molar refractivity (Wildman–Crippen MR) is 178 cm³/mol. The normalized spacial score (nSPS) is 23.4. The van der Waals surface area contributed by atoms with E-state index in [0.717, 1.165) is 12.0 Å². The number of amides is 2. The van der Waals surface area contributed by atoms with Crippen LogP contribution in [-0.2, 0) is 32.2 Å². The Morgan fingerprint density at radius 2 is 1.44 bits per heavy atom. The number of nitrogens with one attached hydrogen (secondary N) is 1. The number of ether oxygens (including phenoxy) is 1. The highest BCUT2D eigenvalue weighted by Crippen LogP contribution is 2.60. The van der Waals surface area contributed by atoms with E-state index in [4.69, 9.17) is 4.74 Å². The topological polar surface area (TPSA) is 171 Å². The maximum Gasteiger partial charge on any atom is 0.327 e. The Labute approximate surface area is 285 Å². The maximum atomic E-state index is 14.1. The lowest BCUT2D eigenvalue weighted by Gasteiger charge is -2.27. The summed E-state index contributed by atoms with van der Waals surface area (Å²) in [5.41, 5.74) is 1.80. The summed E-state index contributed by atoms with van der Waals surface area (Å²) in [6.45, 7) is 2.35. The number of hydrogen-bond acceptors (Lipinski definition) is 10. The van der Waals surface area contributed by atoms with Crippen LogP contribution in [0.15, 0.2) is 67.0 Å². The van der Waals surface area contributed by atoms with Crippen LogP contribution in [0.25, 0.3) is 22.1 Å². The first-order valence-electron chi connectivity index (χ1n) is 16.6. The smallest absolute Gasteiger partial charge is 0.327 e. The van der Waals surface area contributed by atoms with Crippen LogP contribution in [0.4, 0.5) is 0 Å². The fourth-order valence-corrected chi connectivity index (χ4v) is 7.48. The summed E-state index contributed by atoms with van der Waals surface area (Å²) >= 11 is 0. The zero-order chi connectivity index (χ0) is 34.7. The first-order chi connectivity index (χ1) is 24.1. The second kappa shape index (κ2) is 12.0. The fourth-order valence-electron chi connectivity index (χ4n) is 7.48. The van der Waals surface area contributed by atoms with Gasteiger partial charge < -0.3 is 15.0 Å². The molecule has 14 heteroatoms. The largest absolute Gasteiger partial charge is 0.464 e. The molecule has 2 amide bonds. The standard InChI is InChI=1S/C36H34N8O6/c1-20(45)31-23-10-6-12-37-33(23)42(40-31)17-29(47)44-27(35(49)39-26-14-25(26)22-8-4-3-5-9-22)15-36(16-28(36)44)19-50-30(48)18-43-34-24(11-7-13-38-34)32(41-43)21(2)46/h3-13,25-28H,14-19H2,1-2H3,(H,39,49)/t25-,26+,27-,28+,36-/m0/s1. The van der Waals surface area contributed by atoms with Crippen molar-refractivity contribution in [1.82, 2.24) is 39.7 Å². The predicted octanol–water partition coefficient (Wildman–Crippen LogP) is 2.86. The lowest BCUT2D eigenvalue weighted by molar-refractivity contribution is -0.146. The lowest BCUT2D eigenvalue weighted by atomic mass is 10.00. The van der Waals surface area contributed by atoms with Crippen molar-refractivity contribution >= 4 is 51.4 Å². The fraction of sp³-hybridized carbons (Fsp3) is 0.361. The third-order valence-corrected chi connectivity index (χ3v) is 10.1. The van der Waals surface area contributed by atoms with E-state index in [1.165, 1.54) is 23.2 Å². The number of carbonyl (C=O) groups is 5. The molecular weight excluding hydrogens is 640 g/mol. The van der Waals surface area contributed by atoms with Crippen LogP contribution in [0.1, 0.15) is 65.6 Å². The van der Waals surface area contributed by atoms with Crippen molar-refractivity contribution in [2.75, 3.05) is 6.61 Å². The molecule has 50 heavy (non-hydrogen) atoms. The zero-order valence-electron chi connectivity index (χ0n) is 27.5. The Morgan fingerprint density at radius 3 is 2.06 bits per heavy atom. The number of hydrogen-bond donors (Lipinski definition) is 1. The van der Waals surface area contributed by atoms with Crippen molar-refractivity contribution in [3.63, 3.8) is 0 Å². The van der Waals surface area contributed by atoms with Crippen LogP contribution in [0.2, 0.25) is 0 Å². The van der Waals surface area contributed by atoms with Gasteiger partial charge in [-0.25, -0.2) is 19.3 Å². The maximum absolute atomic E-state index is 14.1. The number of rotatable bonds is 11. The molecule has 1 N–H and O–H groups in total. The Kier molecular flexibility index (Phi) is 7.53. The lowest BCUT2D eigenvalue weighted by Crippen LogP contribution is -2.49. The Balaban J connectivity index is 1.01. The summed E-state index contributed by atoms with van der Waals surface area (Å²) in [5.74, 6) is -1.45. The second-order valence-corrected chi connectivity index (χ2v) is 13.5. The third kappa shape index (κ3) is 5.50. The van der Waals surface area contributed by atoms with Gasteiger partial charge in [-0.15, -0.1) is 0 Å². The van der Waals surface area contributed by atoms with E-state index < -0.39 is 17.4 Å². The van der Waals surface area contributed by atoms with Gasteiger partial charge in [-0.1, -0.05) is 30.3 Å². The van der Waals surface area contributed by atoms with E-state index in [9.17, 15) is 24.0 Å². The number of carbonyl (C=O) groups excluding carboxylic acids is 5. The number of benzene rings is 1. The molecule has 1 aliphatic heterocycles. The molecule has 254 valence electrons.